The predicted molar refractivity (Wildman–Crippen MR) is 136 cm³/mol. The molecule has 1 fully saturated rings. The van der Waals surface area contributed by atoms with Gasteiger partial charge in [-0.15, -0.1) is 11.3 Å². The van der Waals surface area contributed by atoms with Crippen LogP contribution in [-0.2, 0) is 20.6 Å². The van der Waals surface area contributed by atoms with Crippen LogP contribution in [0, 0.1) is 5.92 Å². The molecule has 2 aromatic rings. The van der Waals surface area contributed by atoms with Crippen LogP contribution in [0.5, 0.6) is 0 Å². The predicted octanol–water partition coefficient (Wildman–Crippen LogP) is 7.41. The maximum atomic E-state index is 11.6. The van der Waals surface area contributed by atoms with E-state index >= 15 is 0 Å². The Morgan fingerprint density at radius 2 is 1.72 bits per heavy atom. The molecule has 0 amide bonds. The van der Waals surface area contributed by atoms with Crippen LogP contribution in [0.2, 0.25) is 0 Å². The second-order valence-corrected chi connectivity index (χ2v) is 9.04. The summed E-state index contributed by atoms with van der Waals surface area (Å²) in [6, 6.07) is 12.5. The summed E-state index contributed by atoms with van der Waals surface area (Å²) in [5, 5.41) is 0. The largest absolute Gasteiger partial charge is 0.388 e. The van der Waals surface area contributed by atoms with Crippen molar-refractivity contribution in [3.63, 3.8) is 0 Å². The third-order valence-corrected chi connectivity index (χ3v) is 6.58. The van der Waals surface area contributed by atoms with Gasteiger partial charge in [-0.2, -0.15) is 0 Å². The number of rotatable bonds is 10. The van der Waals surface area contributed by atoms with Gasteiger partial charge in [0.25, 0.3) is 0 Å². The van der Waals surface area contributed by atoms with Gasteiger partial charge in [-0.3, -0.25) is 4.79 Å². The van der Waals surface area contributed by atoms with E-state index in [0.717, 1.165) is 36.8 Å². The van der Waals surface area contributed by atoms with Crippen LogP contribution in [-0.4, -0.2) is 39.5 Å². The zero-order chi connectivity index (χ0) is 23.8. The maximum Gasteiger partial charge on any atom is 0.165 e. The summed E-state index contributed by atoms with van der Waals surface area (Å²) < 4.78 is 15.8. The Bertz CT molecular complexity index is 735. The van der Waals surface area contributed by atoms with Gasteiger partial charge in [-0.25, -0.2) is 0 Å². The molecule has 0 spiro atoms. The summed E-state index contributed by atoms with van der Waals surface area (Å²) in [4.78, 5) is 13.6. The highest BCUT2D eigenvalue weighted by molar-refractivity contribution is 7.17. The fourth-order valence-electron chi connectivity index (χ4n) is 3.85. The van der Waals surface area contributed by atoms with Crippen LogP contribution < -0.4 is 0 Å². The smallest absolute Gasteiger partial charge is 0.165 e. The topological polar surface area (TPSA) is 44.8 Å². The number of ether oxygens (including phenoxy) is 3. The van der Waals surface area contributed by atoms with Gasteiger partial charge >= 0.3 is 0 Å². The minimum atomic E-state index is -0.400. The van der Waals surface area contributed by atoms with Crippen molar-refractivity contribution in [1.29, 1.82) is 0 Å². The van der Waals surface area contributed by atoms with Gasteiger partial charge in [0.05, 0.1) is 18.1 Å². The Hall–Kier alpha value is -1.53. The number of carbonyl (C=O) groups is 1. The number of carbonyl (C=O) groups excluding carboxylic acids is 1. The quantitative estimate of drug-likeness (QED) is 0.345. The van der Waals surface area contributed by atoms with Crippen molar-refractivity contribution in [3.8, 4) is 10.4 Å². The average molecular weight is 463 g/mol. The monoisotopic (exact) mass is 462 g/mol. The zero-order valence-electron chi connectivity index (χ0n) is 20.8. The van der Waals surface area contributed by atoms with Crippen LogP contribution in [0.15, 0.2) is 36.4 Å². The lowest BCUT2D eigenvalue weighted by Gasteiger charge is -2.25. The lowest BCUT2D eigenvalue weighted by Crippen LogP contribution is -2.26. The summed E-state index contributed by atoms with van der Waals surface area (Å²) in [6.07, 6.45) is 7.52. The lowest BCUT2D eigenvalue weighted by atomic mass is 9.89. The minimum absolute atomic E-state index is 0.400. The van der Waals surface area contributed by atoms with E-state index in [4.69, 9.17) is 9.47 Å². The number of hydrogen-bond donors (Lipinski definition) is 0. The van der Waals surface area contributed by atoms with Crippen molar-refractivity contribution in [1.82, 2.24) is 0 Å². The number of hydrogen-bond acceptors (Lipinski definition) is 5. The molecule has 0 N–H and O–H groups in total. The Morgan fingerprint density at radius 1 is 1.09 bits per heavy atom. The lowest BCUT2D eigenvalue weighted by molar-refractivity contribution is -0.149. The maximum absolute atomic E-state index is 11.6. The Labute approximate surface area is 199 Å². The molecular weight excluding hydrogens is 420 g/mol. The molecule has 0 bridgehead atoms. The first-order valence-electron chi connectivity index (χ1n) is 11.9. The third-order valence-electron chi connectivity index (χ3n) is 5.43. The van der Waals surface area contributed by atoms with E-state index in [-0.39, 0.29) is 0 Å². The number of aldehydes is 1. The number of thiophene rings is 1. The van der Waals surface area contributed by atoms with Crippen molar-refractivity contribution in [2.24, 2.45) is 5.92 Å². The molecule has 3 rings (SSSR count). The molecular formula is C27H42O4S. The normalized spacial score (nSPS) is 15.2. The van der Waals surface area contributed by atoms with Crippen molar-refractivity contribution >= 4 is 17.6 Å². The van der Waals surface area contributed by atoms with E-state index in [9.17, 15) is 4.79 Å². The number of aryl methyl sites for hydroxylation is 1. The van der Waals surface area contributed by atoms with Gasteiger partial charge in [-0.1, -0.05) is 63.9 Å². The van der Waals surface area contributed by atoms with Gasteiger partial charge in [0.15, 0.2) is 12.1 Å². The first kappa shape index (κ1) is 28.5. The first-order valence-corrected chi connectivity index (χ1v) is 12.7. The molecule has 1 aromatic carbocycles. The summed E-state index contributed by atoms with van der Waals surface area (Å²) >= 11 is 1.60. The molecule has 5 heteroatoms. The molecule has 4 nitrogen and oxygen atoms in total. The molecule has 0 radical (unpaired) electrons. The Morgan fingerprint density at radius 3 is 2.28 bits per heavy atom. The highest BCUT2D eigenvalue weighted by Crippen LogP contribution is 2.33. The second kappa shape index (κ2) is 16.1. The van der Waals surface area contributed by atoms with Crippen LogP contribution in [0.25, 0.3) is 10.4 Å². The van der Waals surface area contributed by atoms with Crippen LogP contribution in [0.3, 0.4) is 0 Å². The highest BCUT2D eigenvalue weighted by Gasteiger charge is 2.31. The average Bonchev–Trinajstić information content (AvgIpc) is 3.45. The summed E-state index contributed by atoms with van der Waals surface area (Å²) in [6.45, 7) is 9.70. The standard InChI is InChI=1S/C23H30O3S.C2H6O.C2H6/c1-3-7-18(12-13-23(2)25-14-15-26-23)10-11-20-16-21(27-22(20)17-24)19-8-5-4-6-9-19;1-3-2;1-2/h4-6,8-9,16-18H,3,7,10-15H2,1-2H3;1-2H3;1-2H3. The summed E-state index contributed by atoms with van der Waals surface area (Å²) in [5.41, 5.74) is 2.37. The molecule has 1 aliphatic rings. The molecule has 1 aromatic heterocycles. The molecule has 0 aliphatic carbocycles. The fraction of sp³-hybridized carbons (Fsp3) is 0.593. The minimum Gasteiger partial charge on any atom is -0.388 e. The van der Waals surface area contributed by atoms with Crippen LogP contribution in [0.1, 0.15) is 75.0 Å². The van der Waals surface area contributed by atoms with E-state index < -0.39 is 5.79 Å². The van der Waals surface area contributed by atoms with Gasteiger partial charge in [-0.05, 0) is 49.3 Å². The Kier molecular flexibility index (Phi) is 14.4. The molecule has 1 aliphatic heterocycles. The fourth-order valence-corrected chi connectivity index (χ4v) is 4.88. The number of benzene rings is 1. The van der Waals surface area contributed by atoms with E-state index in [2.05, 4.69) is 36.8 Å². The highest BCUT2D eigenvalue weighted by atomic mass is 32.1. The van der Waals surface area contributed by atoms with Gasteiger partial charge in [0, 0.05) is 25.5 Å². The second-order valence-electron chi connectivity index (χ2n) is 7.96. The van der Waals surface area contributed by atoms with E-state index in [1.54, 1.807) is 25.6 Å². The first-order chi connectivity index (χ1) is 15.5. The molecule has 1 unspecified atom stereocenters. The van der Waals surface area contributed by atoms with E-state index in [0.29, 0.717) is 19.1 Å². The summed E-state index contributed by atoms with van der Waals surface area (Å²) in [5.74, 6) is 0.238. The van der Waals surface area contributed by atoms with Crippen molar-refractivity contribution < 1.29 is 19.0 Å². The van der Waals surface area contributed by atoms with Gasteiger partial charge < -0.3 is 14.2 Å². The van der Waals surface area contributed by atoms with Gasteiger partial charge in [0.2, 0.25) is 0 Å². The van der Waals surface area contributed by atoms with Crippen molar-refractivity contribution in [3.05, 3.63) is 46.8 Å². The van der Waals surface area contributed by atoms with Gasteiger partial charge in [0.1, 0.15) is 0 Å². The van der Waals surface area contributed by atoms with Crippen LogP contribution >= 0.6 is 11.3 Å². The molecule has 180 valence electrons. The molecule has 32 heavy (non-hydrogen) atoms. The SMILES string of the molecule is CC.CCCC(CCc1cc(-c2ccccc2)sc1C=O)CCC1(C)OCCO1.COC. The third kappa shape index (κ3) is 9.53. The van der Waals surface area contributed by atoms with E-state index in [1.807, 2.05) is 32.0 Å². The molecule has 1 saturated heterocycles. The van der Waals surface area contributed by atoms with E-state index in [1.165, 1.54) is 28.8 Å². The van der Waals surface area contributed by atoms with Crippen molar-refractivity contribution in [2.75, 3.05) is 27.4 Å². The molecule has 2 heterocycles. The summed E-state index contributed by atoms with van der Waals surface area (Å²) in [7, 11) is 3.25. The van der Waals surface area contributed by atoms with Crippen molar-refractivity contribution in [2.45, 2.75) is 72.0 Å². The molecule has 0 saturated carbocycles. The molecule has 1 atom stereocenters. The number of methoxy groups -OCH3 is 1. The zero-order valence-corrected chi connectivity index (χ0v) is 21.6. The Balaban J connectivity index is 0.000000944. The van der Waals surface area contributed by atoms with Crippen LogP contribution in [0.4, 0.5) is 0 Å².